The van der Waals surface area contributed by atoms with Crippen molar-refractivity contribution in [2.24, 2.45) is 0 Å². The number of ether oxygens (including phenoxy) is 2. The maximum Gasteiger partial charge on any atom is 0.186 e. The lowest BCUT2D eigenvalue weighted by molar-refractivity contribution is 0.373. The van der Waals surface area contributed by atoms with Crippen molar-refractivity contribution in [2.45, 2.75) is 0 Å². The zero-order valence-electron chi connectivity index (χ0n) is 15.6. The predicted octanol–water partition coefficient (Wildman–Crippen LogP) is 2.54. The van der Waals surface area contributed by atoms with E-state index in [4.69, 9.17) is 9.47 Å². The predicted molar refractivity (Wildman–Crippen MR) is 110 cm³/mol. The van der Waals surface area contributed by atoms with Crippen molar-refractivity contribution in [2.75, 3.05) is 19.3 Å². The molecular formula is C19H20O8S2. The third-order valence-corrected chi connectivity index (χ3v) is 7.40. The van der Waals surface area contributed by atoms with Gasteiger partial charge in [0.05, 0.1) is 14.2 Å². The molecule has 0 aliphatic rings. The van der Waals surface area contributed by atoms with E-state index in [-0.39, 0.29) is 23.0 Å². The van der Waals surface area contributed by atoms with Crippen molar-refractivity contribution in [1.82, 2.24) is 0 Å². The van der Waals surface area contributed by atoms with Gasteiger partial charge in [-0.15, -0.1) is 0 Å². The van der Waals surface area contributed by atoms with Gasteiger partial charge in [0.1, 0.15) is 0 Å². The number of hydrogen-bond acceptors (Lipinski definition) is 8. The van der Waals surface area contributed by atoms with Crippen molar-refractivity contribution in [3.05, 3.63) is 58.3 Å². The summed E-state index contributed by atoms with van der Waals surface area (Å²) in [7, 11) is -5.45. The summed E-state index contributed by atoms with van der Waals surface area (Å²) in [5.41, 5.74) is 0.765. The Morgan fingerprint density at radius 1 is 0.759 bits per heavy atom. The molecule has 0 atom stereocenters. The van der Waals surface area contributed by atoms with Gasteiger partial charge in [0.15, 0.2) is 47.8 Å². The van der Waals surface area contributed by atoms with E-state index in [1.165, 1.54) is 62.8 Å². The maximum absolute atomic E-state index is 12.2. The number of hydrogen-bond donors (Lipinski definition) is 2. The first-order valence-electron chi connectivity index (χ1n) is 8.11. The lowest BCUT2D eigenvalue weighted by Gasteiger charge is -2.04. The highest BCUT2D eigenvalue weighted by Crippen LogP contribution is 2.28. The number of sulfone groups is 2. The van der Waals surface area contributed by atoms with Crippen LogP contribution in [0.25, 0.3) is 12.2 Å². The SMILES string of the molecule is COc1ccc(C=CS(=O)(=O)CS(=O)(=O)C=Cc2ccc(O)c(OC)c2)cc1O. The smallest absolute Gasteiger partial charge is 0.186 e. The third-order valence-electron chi connectivity index (χ3n) is 3.67. The maximum atomic E-state index is 12.2. The quantitative estimate of drug-likeness (QED) is 0.641. The first-order chi connectivity index (χ1) is 13.5. The first-order valence-corrected chi connectivity index (χ1v) is 11.5. The summed E-state index contributed by atoms with van der Waals surface area (Å²) in [4.78, 5) is 0. The summed E-state index contributed by atoms with van der Waals surface area (Å²) in [5, 5.41) is 19.7. The molecule has 10 heteroatoms. The minimum atomic E-state index is -4.09. The van der Waals surface area contributed by atoms with Crippen LogP contribution in [0.15, 0.2) is 47.2 Å². The average molecular weight is 440 g/mol. The fourth-order valence-corrected chi connectivity index (χ4v) is 5.47. The Balaban J connectivity index is 2.14. The number of aromatic hydroxyl groups is 2. The zero-order valence-corrected chi connectivity index (χ0v) is 17.3. The Hall–Kier alpha value is -2.98. The van der Waals surface area contributed by atoms with Crippen molar-refractivity contribution >= 4 is 31.8 Å². The fraction of sp³-hybridized carbons (Fsp3) is 0.158. The Kier molecular flexibility index (Phi) is 6.93. The van der Waals surface area contributed by atoms with E-state index in [1.54, 1.807) is 0 Å². The molecule has 0 saturated carbocycles. The molecule has 2 N–H and O–H groups in total. The van der Waals surface area contributed by atoms with E-state index >= 15 is 0 Å². The van der Waals surface area contributed by atoms with Crippen LogP contribution in [0, 0.1) is 0 Å². The Morgan fingerprint density at radius 3 is 1.79 bits per heavy atom. The first kappa shape index (κ1) is 22.3. The molecule has 2 aromatic carbocycles. The van der Waals surface area contributed by atoms with Crippen molar-refractivity contribution < 1.29 is 36.5 Å². The van der Waals surface area contributed by atoms with E-state index in [1.807, 2.05) is 0 Å². The molecule has 0 aliphatic carbocycles. The summed E-state index contributed by atoms with van der Waals surface area (Å²) in [6.45, 7) is 0. The minimum Gasteiger partial charge on any atom is -0.504 e. The van der Waals surface area contributed by atoms with Gasteiger partial charge in [0.25, 0.3) is 0 Å². The van der Waals surface area contributed by atoms with Crippen LogP contribution in [-0.2, 0) is 19.7 Å². The van der Waals surface area contributed by atoms with E-state index in [2.05, 4.69) is 0 Å². The van der Waals surface area contributed by atoms with Gasteiger partial charge in [-0.1, -0.05) is 12.1 Å². The highest BCUT2D eigenvalue weighted by molar-refractivity contribution is 8.10. The van der Waals surface area contributed by atoms with Gasteiger partial charge >= 0.3 is 0 Å². The molecule has 2 rings (SSSR count). The Labute approximate surface area is 169 Å². The van der Waals surface area contributed by atoms with Gasteiger partial charge in [-0.3, -0.25) is 0 Å². The van der Waals surface area contributed by atoms with Gasteiger partial charge in [0.2, 0.25) is 0 Å². The molecular weight excluding hydrogens is 420 g/mol. The molecule has 0 spiro atoms. The molecule has 0 aromatic heterocycles. The van der Waals surface area contributed by atoms with Gasteiger partial charge in [-0.2, -0.15) is 0 Å². The summed E-state index contributed by atoms with van der Waals surface area (Å²) in [6, 6.07) is 8.44. The molecule has 0 bridgehead atoms. The molecule has 0 fully saturated rings. The lowest BCUT2D eigenvalue weighted by Crippen LogP contribution is -2.11. The number of methoxy groups -OCH3 is 2. The monoisotopic (exact) mass is 440 g/mol. The summed E-state index contributed by atoms with van der Waals surface area (Å²) >= 11 is 0. The molecule has 0 unspecified atom stereocenters. The number of phenolic OH excluding ortho intramolecular Hbond substituents is 2. The highest BCUT2D eigenvalue weighted by atomic mass is 32.3. The lowest BCUT2D eigenvalue weighted by atomic mass is 10.2. The van der Waals surface area contributed by atoms with E-state index < -0.39 is 24.8 Å². The second-order valence-electron chi connectivity index (χ2n) is 5.91. The molecule has 0 radical (unpaired) electrons. The van der Waals surface area contributed by atoms with E-state index in [0.717, 1.165) is 10.8 Å². The highest BCUT2D eigenvalue weighted by Gasteiger charge is 2.17. The molecule has 0 aliphatic heterocycles. The Bertz CT molecular complexity index is 1150. The van der Waals surface area contributed by atoms with E-state index in [0.29, 0.717) is 11.1 Å². The summed E-state index contributed by atoms with van der Waals surface area (Å²) < 4.78 is 58.4. The van der Waals surface area contributed by atoms with Crippen LogP contribution >= 0.6 is 0 Å². The average Bonchev–Trinajstić information content (AvgIpc) is 2.65. The molecule has 0 heterocycles. The topological polar surface area (TPSA) is 127 Å². The standard InChI is InChI=1S/C19H20O8S2/c1-26-18-6-4-14(11-17(18)21)7-9-28(22,23)13-29(24,25)10-8-15-3-5-16(20)19(12-15)27-2/h3-12,20-21H,13H2,1-2H3. The number of rotatable bonds is 8. The Morgan fingerprint density at radius 2 is 1.28 bits per heavy atom. The van der Waals surface area contributed by atoms with Crippen molar-refractivity contribution in [1.29, 1.82) is 0 Å². The van der Waals surface area contributed by atoms with Crippen molar-refractivity contribution in [3.8, 4) is 23.0 Å². The second-order valence-corrected chi connectivity index (χ2v) is 10.1. The van der Waals surface area contributed by atoms with Gasteiger partial charge in [-0.05, 0) is 47.5 Å². The van der Waals surface area contributed by atoms with Gasteiger partial charge < -0.3 is 19.7 Å². The third kappa shape index (κ3) is 6.54. The van der Waals surface area contributed by atoms with Gasteiger partial charge in [0, 0.05) is 10.8 Å². The molecule has 29 heavy (non-hydrogen) atoms. The molecule has 0 amide bonds. The van der Waals surface area contributed by atoms with Crippen LogP contribution in [0.1, 0.15) is 11.1 Å². The zero-order chi connectivity index (χ0) is 21.7. The largest absolute Gasteiger partial charge is 0.504 e. The van der Waals surface area contributed by atoms with Crippen LogP contribution in [0.5, 0.6) is 23.0 Å². The van der Waals surface area contributed by atoms with Crippen LogP contribution in [0.2, 0.25) is 0 Å². The van der Waals surface area contributed by atoms with Crippen LogP contribution in [0.3, 0.4) is 0 Å². The van der Waals surface area contributed by atoms with Gasteiger partial charge in [-0.25, -0.2) is 16.8 Å². The van der Waals surface area contributed by atoms with Crippen LogP contribution in [-0.4, -0.2) is 46.4 Å². The molecule has 156 valence electrons. The molecule has 2 aromatic rings. The summed E-state index contributed by atoms with van der Waals surface area (Å²) in [6.07, 6.45) is 2.39. The van der Waals surface area contributed by atoms with E-state index in [9.17, 15) is 27.0 Å². The van der Waals surface area contributed by atoms with Crippen LogP contribution in [0.4, 0.5) is 0 Å². The number of benzene rings is 2. The number of phenols is 2. The normalized spacial score (nSPS) is 12.5. The fourth-order valence-electron chi connectivity index (χ4n) is 2.28. The summed E-state index contributed by atoms with van der Waals surface area (Å²) in [5.74, 6) is 0.100. The molecule has 0 saturated heterocycles. The van der Waals surface area contributed by atoms with Crippen LogP contribution < -0.4 is 9.47 Å². The second kappa shape index (κ2) is 9.01. The molecule has 8 nitrogen and oxygen atoms in total. The van der Waals surface area contributed by atoms with Crippen molar-refractivity contribution in [3.63, 3.8) is 0 Å². The minimum absolute atomic E-state index is 0.107.